The van der Waals surface area contributed by atoms with Gasteiger partial charge in [-0.25, -0.2) is 0 Å². The monoisotopic (exact) mass is 323 g/mol. The first-order chi connectivity index (χ1) is 9.99. The van der Waals surface area contributed by atoms with Crippen molar-refractivity contribution in [3.63, 3.8) is 0 Å². The van der Waals surface area contributed by atoms with Crippen molar-refractivity contribution < 1.29 is 9.59 Å². The van der Waals surface area contributed by atoms with Crippen molar-refractivity contribution in [3.05, 3.63) is 39.4 Å². The predicted molar refractivity (Wildman–Crippen MR) is 86.7 cm³/mol. The minimum Gasteiger partial charge on any atom is -0.366 e. The van der Waals surface area contributed by atoms with Gasteiger partial charge < -0.3 is 11.1 Å². The van der Waals surface area contributed by atoms with Gasteiger partial charge in [0.1, 0.15) is 5.00 Å². The maximum absolute atomic E-state index is 12.3. The molecule has 0 saturated heterocycles. The molecule has 0 unspecified atom stereocenters. The zero-order valence-electron chi connectivity index (χ0n) is 11.8. The lowest BCUT2D eigenvalue weighted by Crippen LogP contribution is -2.39. The van der Waals surface area contributed by atoms with Crippen LogP contribution in [-0.2, 0) is 11.3 Å². The number of hydrogen-bond acceptors (Lipinski definition) is 5. The molecule has 0 spiro atoms. The number of nitrogens with zero attached hydrogens (tertiary/aromatic N) is 1. The fraction of sp³-hybridized carbons (Fsp3) is 0.286. The summed E-state index contributed by atoms with van der Waals surface area (Å²) < 4.78 is 0. The average molecular weight is 323 g/mol. The van der Waals surface area contributed by atoms with Gasteiger partial charge in [-0.15, -0.1) is 22.7 Å². The normalized spacial score (nSPS) is 12.3. The molecule has 0 aliphatic heterocycles. The van der Waals surface area contributed by atoms with E-state index in [1.165, 1.54) is 16.2 Å². The van der Waals surface area contributed by atoms with E-state index in [0.717, 1.165) is 0 Å². The van der Waals surface area contributed by atoms with Gasteiger partial charge in [-0.2, -0.15) is 0 Å². The van der Waals surface area contributed by atoms with Crippen LogP contribution in [0.5, 0.6) is 0 Å². The molecular weight excluding hydrogens is 306 g/mol. The van der Waals surface area contributed by atoms with E-state index in [2.05, 4.69) is 5.32 Å². The zero-order chi connectivity index (χ0) is 15.4. The Hall–Kier alpha value is -1.70. The Morgan fingerprint density at radius 2 is 2.10 bits per heavy atom. The zero-order valence-corrected chi connectivity index (χ0v) is 13.5. The van der Waals surface area contributed by atoms with Crippen molar-refractivity contribution in [2.24, 2.45) is 5.73 Å². The first-order valence-electron chi connectivity index (χ1n) is 6.40. The third-order valence-electron chi connectivity index (χ3n) is 3.19. The summed E-state index contributed by atoms with van der Waals surface area (Å²) in [6.07, 6.45) is 0. The summed E-state index contributed by atoms with van der Waals surface area (Å²) in [5, 5.41) is 7.02. The van der Waals surface area contributed by atoms with Crippen LogP contribution in [0.3, 0.4) is 0 Å². The smallest absolute Gasteiger partial charge is 0.251 e. The maximum atomic E-state index is 12.3. The van der Waals surface area contributed by atoms with Gasteiger partial charge in [-0.05, 0) is 36.9 Å². The van der Waals surface area contributed by atoms with E-state index >= 15 is 0 Å². The second-order valence-corrected chi connectivity index (χ2v) is 6.64. The summed E-state index contributed by atoms with van der Waals surface area (Å²) in [6.45, 7) is 2.54. The summed E-state index contributed by atoms with van der Waals surface area (Å²) in [5.41, 5.74) is 5.62. The Kier molecular flexibility index (Phi) is 5.11. The van der Waals surface area contributed by atoms with Crippen LogP contribution in [0.15, 0.2) is 29.0 Å². The van der Waals surface area contributed by atoms with E-state index in [1.54, 1.807) is 22.8 Å². The largest absolute Gasteiger partial charge is 0.366 e. The summed E-state index contributed by atoms with van der Waals surface area (Å²) in [6, 6.07) is 5.33. The lowest BCUT2D eigenvalue weighted by Gasteiger charge is -2.23. The Labute approximate surface area is 131 Å². The lowest BCUT2D eigenvalue weighted by atomic mass is 10.2. The van der Waals surface area contributed by atoms with Crippen LogP contribution < -0.4 is 11.1 Å². The molecule has 1 atom stereocenters. The standard InChI is InChI=1S/C14H17N3O2S2/c1-9(17(2)8-10-4-3-6-20-10)13(19)16-14-11(12(15)18)5-7-21-14/h3-7,9H,8H2,1-2H3,(H2,15,18)(H,16,19)/t9-/m1/s1. The molecule has 2 rings (SSSR count). The molecule has 2 heterocycles. The maximum Gasteiger partial charge on any atom is 0.251 e. The van der Waals surface area contributed by atoms with E-state index in [-0.39, 0.29) is 11.9 Å². The molecule has 0 bridgehead atoms. The molecule has 0 aromatic carbocycles. The molecule has 112 valence electrons. The number of nitrogens with one attached hydrogen (secondary N) is 1. The first kappa shape index (κ1) is 15.7. The quantitative estimate of drug-likeness (QED) is 0.857. The number of carbonyl (C=O) groups excluding carboxylic acids is 2. The predicted octanol–water partition coefficient (Wildman–Crippen LogP) is 2.37. The van der Waals surface area contributed by atoms with Crippen LogP contribution in [0.25, 0.3) is 0 Å². The summed E-state index contributed by atoms with van der Waals surface area (Å²) in [5.74, 6) is -0.690. The van der Waals surface area contributed by atoms with Crippen molar-refractivity contribution >= 4 is 39.5 Å². The van der Waals surface area contributed by atoms with Crippen molar-refractivity contribution in [2.45, 2.75) is 19.5 Å². The topological polar surface area (TPSA) is 75.4 Å². The van der Waals surface area contributed by atoms with Gasteiger partial charge in [0.05, 0.1) is 11.6 Å². The summed E-state index contributed by atoms with van der Waals surface area (Å²) >= 11 is 2.95. The van der Waals surface area contributed by atoms with E-state index in [9.17, 15) is 9.59 Å². The highest BCUT2D eigenvalue weighted by Gasteiger charge is 2.20. The third kappa shape index (κ3) is 3.90. The molecule has 5 nitrogen and oxygen atoms in total. The SMILES string of the molecule is C[C@H](C(=O)Nc1sccc1C(N)=O)N(C)Cc1cccs1. The molecule has 3 N–H and O–H groups in total. The molecular formula is C14H17N3O2S2. The van der Waals surface area contributed by atoms with Crippen molar-refractivity contribution in [3.8, 4) is 0 Å². The molecule has 7 heteroatoms. The highest BCUT2D eigenvalue weighted by molar-refractivity contribution is 7.14. The summed E-state index contributed by atoms with van der Waals surface area (Å²) in [4.78, 5) is 26.7. The molecule has 21 heavy (non-hydrogen) atoms. The second-order valence-electron chi connectivity index (χ2n) is 4.69. The molecule has 0 radical (unpaired) electrons. The van der Waals surface area contributed by atoms with Crippen LogP contribution in [-0.4, -0.2) is 29.8 Å². The van der Waals surface area contributed by atoms with Gasteiger partial charge in [0.15, 0.2) is 0 Å². The van der Waals surface area contributed by atoms with Gasteiger partial charge in [-0.1, -0.05) is 6.07 Å². The molecule has 2 amide bonds. The number of hydrogen-bond donors (Lipinski definition) is 2. The molecule has 0 saturated carbocycles. The van der Waals surface area contributed by atoms with E-state index in [0.29, 0.717) is 17.1 Å². The lowest BCUT2D eigenvalue weighted by molar-refractivity contribution is -0.120. The number of nitrogens with two attached hydrogens (primary N) is 1. The van der Waals surface area contributed by atoms with Gasteiger partial charge in [0.25, 0.3) is 5.91 Å². The minimum atomic E-state index is -0.536. The Bertz CT molecular complexity index is 622. The minimum absolute atomic E-state index is 0.154. The highest BCUT2D eigenvalue weighted by Crippen LogP contribution is 2.23. The van der Waals surface area contributed by atoms with Crippen LogP contribution in [0.1, 0.15) is 22.2 Å². The van der Waals surface area contributed by atoms with Gasteiger partial charge in [-0.3, -0.25) is 14.5 Å². The molecule has 0 aliphatic carbocycles. The van der Waals surface area contributed by atoms with Crippen molar-refractivity contribution in [1.82, 2.24) is 4.90 Å². The van der Waals surface area contributed by atoms with E-state index in [1.807, 2.05) is 36.4 Å². The number of amides is 2. The van der Waals surface area contributed by atoms with Crippen LogP contribution >= 0.6 is 22.7 Å². The van der Waals surface area contributed by atoms with Gasteiger partial charge in [0.2, 0.25) is 5.91 Å². The number of rotatable bonds is 6. The van der Waals surface area contributed by atoms with Crippen LogP contribution in [0.4, 0.5) is 5.00 Å². The number of primary amides is 1. The molecule has 0 fully saturated rings. The van der Waals surface area contributed by atoms with Crippen molar-refractivity contribution in [1.29, 1.82) is 0 Å². The fourth-order valence-electron chi connectivity index (χ4n) is 1.80. The van der Waals surface area contributed by atoms with Crippen LogP contribution in [0.2, 0.25) is 0 Å². The Balaban J connectivity index is 1.98. The Morgan fingerprint density at radius 3 is 2.71 bits per heavy atom. The summed E-state index contributed by atoms with van der Waals surface area (Å²) in [7, 11) is 1.90. The third-order valence-corrected chi connectivity index (χ3v) is 4.88. The van der Waals surface area contributed by atoms with E-state index < -0.39 is 5.91 Å². The molecule has 2 aromatic rings. The Morgan fingerprint density at radius 1 is 1.33 bits per heavy atom. The van der Waals surface area contributed by atoms with Gasteiger partial charge in [0, 0.05) is 11.4 Å². The number of carbonyl (C=O) groups is 2. The highest BCUT2D eigenvalue weighted by atomic mass is 32.1. The van der Waals surface area contributed by atoms with Crippen LogP contribution in [0, 0.1) is 0 Å². The van der Waals surface area contributed by atoms with E-state index in [4.69, 9.17) is 5.73 Å². The second kappa shape index (κ2) is 6.84. The number of likely N-dealkylation sites (N-methyl/N-ethyl adjacent to an activating group) is 1. The average Bonchev–Trinajstić information content (AvgIpc) is 3.08. The molecule has 0 aliphatic rings. The first-order valence-corrected chi connectivity index (χ1v) is 8.15. The van der Waals surface area contributed by atoms with Gasteiger partial charge >= 0.3 is 0 Å². The number of thiophene rings is 2. The van der Waals surface area contributed by atoms with Crippen molar-refractivity contribution in [2.75, 3.05) is 12.4 Å². The fourth-order valence-corrected chi connectivity index (χ4v) is 3.36. The number of anilines is 1. The molecule has 2 aromatic heterocycles.